The van der Waals surface area contributed by atoms with Crippen LogP contribution in [0.1, 0.15) is 40.2 Å². The van der Waals surface area contributed by atoms with Gasteiger partial charge in [0.1, 0.15) is 10.8 Å². The predicted octanol–water partition coefficient (Wildman–Crippen LogP) is 4.39. The summed E-state index contributed by atoms with van der Waals surface area (Å²) < 4.78 is 1.61. The van der Waals surface area contributed by atoms with E-state index in [0.717, 1.165) is 39.6 Å². The van der Waals surface area contributed by atoms with Crippen LogP contribution in [0.5, 0.6) is 0 Å². The van der Waals surface area contributed by atoms with Crippen molar-refractivity contribution in [3.05, 3.63) is 91.7 Å². The molecule has 2 N–H and O–H groups in total. The Morgan fingerprint density at radius 2 is 1.89 bits per heavy atom. The molecular weight excluding hydrogens is 490 g/mol. The molecule has 0 fully saturated rings. The molecule has 0 radical (unpaired) electrons. The molecule has 1 aromatic carbocycles. The van der Waals surface area contributed by atoms with Crippen molar-refractivity contribution in [2.24, 2.45) is 0 Å². The van der Waals surface area contributed by atoms with Crippen molar-refractivity contribution >= 4 is 63.6 Å². The molecule has 180 valence electrons. The number of allylic oxidation sites excluding steroid dienone is 2. The first kappa shape index (κ1) is 22.8. The standard InChI is InChI=1S/C28H24ClN5OS/c29-24-25(19-11-13-33(14-12-19)28(35)23-10-5-15-36-23)32-27-22(17-31-34(27)26(24)30)21-9-4-2-7-18-6-1-3-8-20(18)16-21/h1,3,5-11,15-17H,2,4,12-14,30H2. The number of nitrogens with two attached hydrogens (primary N) is 1. The number of carbonyl (C=O) groups is 1. The highest BCUT2D eigenvalue weighted by Crippen LogP contribution is 2.34. The average Bonchev–Trinajstić information content (AvgIpc) is 3.57. The van der Waals surface area contributed by atoms with Gasteiger partial charge >= 0.3 is 0 Å². The number of thiophene rings is 1. The summed E-state index contributed by atoms with van der Waals surface area (Å²) in [4.78, 5) is 20.3. The van der Waals surface area contributed by atoms with Crippen LogP contribution < -0.4 is 16.2 Å². The van der Waals surface area contributed by atoms with E-state index in [0.29, 0.717) is 41.7 Å². The Balaban J connectivity index is 1.40. The highest BCUT2D eigenvalue weighted by atomic mass is 35.5. The lowest BCUT2D eigenvalue weighted by molar-refractivity contribution is 0.0777. The fourth-order valence-electron chi connectivity index (χ4n) is 4.76. The quantitative estimate of drug-likeness (QED) is 0.440. The van der Waals surface area contributed by atoms with Crippen molar-refractivity contribution in [1.82, 2.24) is 19.5 Å². The van der Waals surface area contributed by atoms with Gasteiger partial charge in [-0.25, -0.2) is 4.98 Å². The van der Waals surface area contributed by atoms with Crippen LogP contribution >= 0.6 is 22.9 Å². The average molecular weight is 514 g/mol. The lowest BCUT2D eigenvalue weighted by atomic mass is 10.0. The molecule has 3 aromatic heterocycles. The second kappa shape index (κ2) is 9.41. The Morgan fingerprint density at radius 1 is 1.06 bits per heavy atom. The molecule has 4 heterocycles. The molecule has 1 amide bonds. The molecule has 0 saturated carbocycles. The highest BCUT2D eigenvalue weighted by molar-refractivity contribution is 7.12. The van der Waals surface area contributed by atoms with E-state index in [1.54, 1.807) is 4.52 Å². The van der Waals surface area contributed by atoms with Crippen LogP contribution in [0, 0.1) is 0 Å². The number of fused-ring (bicyclic) bond motifs is 2. The zero-order chi connectivity index (χ0) is 24.6. The number of aromatic nitrogens is 3. The van der Waals surface area contributed by atoms with E-state index in [-0.39, 0.29) is 5.91 Å². The summed E-state index contributed by atoms with van der Waals surface area (Å²) >= 11 is 8.16. The van der Waals surface area contributed by atoms with E-state index in [2.05, 4.69) is 47.6 Å². The Kier molecular flexibility index (Phi) is 5.95. The van der Waals surface area contributed by atoms with Gasteiger partial charge in [-0.15, -0.1) is 11.3 Å². The van der Waals surface area contributed by atoms with Gasteiger partial charge < -0.3 is 10.6 Å². The summed E-state index contributed by atoms with van der Waals surface area (Å²) in [5.74, 6) is 0.415. The number of anilines is 1. The molecule has 0 saturated heterocycles. The maximum absolute atomic E-state index is 12.7. The SMILES string of the molecule is Nc1c(Cl)c(C2=CCN(C(=O)c3cccs3)CC2)nc2c(C3=CCCC=c4ccccc4=C3)cnn12. The molecule has 8 heteroatoms. The van der Waals surface area contributed by atoms with Gasteiger partial charge in [-0.1, -0.05) is 60.2 Å². The molecule has 2 aliphatic rings. The molecule has 0 bridgehead atoms. The molecule has 0 unspecified atom stereocenters. The molecule has 1 aliphatic carbocycles. The highest BCUT2D eigenvalue weighted by Gasteiger charge is 2.24. The van der Waals surface area contributed by atoms with E-state index < -0.39 is 0 Å². The largest absolute Gasteiger partial charge is 0.382 e. The molecular formula is C28H24ClN5OS. The van der Waals surface area contributed by atoms with Gasteiger partial charge in [0.25, 0.3) is 5.91 Å². The van der Waals surface area contributed by atoms with E-state index in [1.807, 2.05) is 34.7 Å². The number of hydrogen-bond donors (Lipinski definition) is 1. The summed E-state index contributed by atoms with van der Waals surface area (Å²) in [6.45, 7) is 1.11. The van der Waals surface area contributed by atoms with Crippen molar-refractivity contribution in [2.75, 3.05) is 18.8 Å². The Hall–Kier alpha value is -3.68. The van der Waals surface area contributed by atoms with Crippen molar-refractivity contribution in [1.29, 1.82) is 0 Å². The summed E-state index contributed by atoms with van der Waals surface area (Å²) in [7, 11) is 0. The zero-order valence-electron chi connectivity index (χ0n) is 19.5. The van der Waals surface area contributed by atoms with Gasteiger partial charge in [0, 0.05) is 18.7 Å². The summed E-state index contributed by atoms with van der Waals surface area (Å²) in [5.41, 5.74) is 10.8. The third-order valence-electron chi connectivity index (χ3n) is 6.67. The number of benzene rings is 1. The van der Waals surface area contributed by atoms with Crippen LogP contribution in [0.25, 0.3) is 28.9 Å². The van der Waals surface area contributed by atoms with Gasteiger partial charge in [0.05, 0.1) is 16.8 Å². The molecule has 1 aliphatic heterocycles. The molecule has 6 rings (SSSR count). The number of rotatable bonds is 3. The Labute approximate surface area is 217 Å². The van der Waals surface area contributed by atoms with Crippen LogP contribution in [0.4, 0.5) is 5.82 Å². The third kappa shape index (κ3) is 4.04. The predicted molar refractivity (Wildman–Crippen MR) is 147 cm³/mol. The maximum atomic E-state index is 12.7. The van der Waals surface area contributed by atoms with Gasteiger partial charge in [0.2, 0.25) is 0 Å². The first-order valence-electron chi connectivity index (χ1n) is 11.9. The maximum Gasteiger partial charge on any atom is 0.264 e. The second-order valence-electron chi connectivity index (χ2n) is 8.88. The first-order valence-corrected chi connectivity index (χ1v) is 13.2. The molecule has 4 aromatic rings. The molecule has 0 spiro atoms. The lowest BCUT2D eigenvalue weighted by Crippen LogP contribution is -2.34. The fraction of sp³-hybridized carbons (Fsp3) is 0.179. The van der Waals surface area contributed by atoms with E-state index in [4.69, 9.17) is 22.3 Å². The van der Waals surface area contributed by atoms with Gasteiger partial charge in [-0.2, -0.15) is 9.61 Å². The minimum Gasteiger partial charge on any atom is -0.382 e. The topological polar surface area (TPSA) is 76.5 Å². The van der Waals surface area contributed by atoms with Crippen molar-refractivity contribution in [3.63, 3.8) is 0 Å². The summed E-state index contributed by atoms with van der Waals surface area (Å²) in [6, 6.07) is 12.1. The van der Waals surface area contributed by atoms with Crippen molar-refractivity contribution in [3.8, 4) is 0 Å². The smallest absolute Gasteiger partial charge is 0.264 e. The van der Waals surface area contributed by atoms with Crippen LogP contribution in [0.15, 0.2) is 60.1 Å². The van der Waals surface area contributed by atoms with Crippen LogP contribution in [-0.2, 0) is 0 Å². The fourth-order valence-corrected chi connectivity index (χ4v) is 5.69. The Morgan fingerprint density at radius 3 is 2.67 bits per heavy atom. The third-order valence-corrected chi connectivity index (χ3v) is 7.90. The van der Waals surface area contributed by atoms with Crippen LogP contribution in [-0.4, -0.2) is 38.5 Å². The number of amides is 1. The normalized spacial score (nSPS) is 15.8. The van der Waals surface area contributed by atoms with Crippen LogP contribution in [0.2, 0.25) is 5.02 Å². The van der Waals surface area contributed by atoms with E-state index in [1.165, 1.54) is 16.6 Å². The minimum absolute atomic E-state index is 0.0525. The Bertz CT molecular complexity index is 1670. The molecule has 36 heavy (non-hydrogen) atoms. The number of halogens is 1. The van der Waals surface area contributed by atoms with Crippen molar-refractivity contribution in [2.45, 2.75) is 19.3 Å². The number of hydrogen-bond acceptors (Lipinski definition) is 5. The number of nitrogen functional groups attached to an aromatic ring is 1. The lowest BCUT2D eigenvalue weighted by Gasteiger charge is -2.26. The molecule has 0 atom stereocenters. The first-order chi connectivity index (χ1) is 17.6. The number of nitrogens with zero attached hydrogens (tertiary/aromatic N) is 4. The monoisotopic (exact) mass is 513 g/mol. The van der Waals surface area contributed by atoms with Crippen LogP contribution in [0.3, 0.4) is 0 Å². The van der Waals surface area contributed by atoms with E-state index >= 15 is 0 Å². The van der Waals surface area contributed by atoms with Gasteiger partial charge in [0.15, 0.2) is 5.65 Å². The van der Waals surface area contributed by atoms with E-state index in [9.17, 15) is 4.79 Å². The zero-order valence-corrected chi connectivity index (χ0v) is 21.1. The van der Waals surface area contributed by atoms with Gasteiger partial charge in [-0.3, -0.25) is 4.79 Å². The van der Waals surface area contributed by atoms with Crippen molar-refractivity contribution < 1.29 is 4.79 Å². The number of carbonyl (C=O) groups excluding carboxylic acids is 1. The molecule has 6 nitrogen and oxygen atoms in total. The van der Waals surface area contributed by atoms with Gasteiger partial charge in [-0.05, 0) is 58.4 Å². The minimum atomic E-state index is 0.0525. The second-order valence-corrected chi connectivity index (χ2v) is 10.2. The summed E-state index contributed by atoms with van der Waals surface area (Å²) in [5, 5.41) is 9.21. The summed E-state index contributed by atoms with van der Waals surface area (Å²) in [6.07, 6.45) is 13.1.